The largest absolute Gasteiger partial charge is 0.494 e. The number of methoxy groups -OCH3 is 1. The molecule has 1 saturated heterocycles. The molecule has 1 aliphatic rings. The van der Waals surface area contributed by atoms with Gasteiger partial charge in [-0.25, -0.2) is 14.8 Å². The molecule has 0 bridgehead atoms. The lowest BCUT2D eigenvalue weighted by Crippen LogP contribution is -2.62. The quantitative estimate of drug-likeness (QED) is 0.191. The van der Waals surface area contributed by atoms with Gasteiger partial charge in [0.1, 0.15) is 42.0 Å². The van der Waals surface area contributed by atoms with Crippen LogP contribution in [0.25, 0.3) is 10.9 Å². The lowest BCUT2D eigenvalue weighted by Gasteiger charge is -2.47. The maximum atomic E-state index is 13.3. The number of rotatable bonds is 9. The maximum Gasteiger partial charge on any atom is 0.416 e. The number of likely N-dealkylation sites (tertiary alicyclic amines) is 1. The van der Waals surface area contributed by atoms with E-state index in [4.69, 9.17) is 25.8 Å². The molecule has 11 heteroatoms. The first-order chi connectivity index (χ1) is 21.0. The molecular formula is C32H28ClN6O4. The number of anilines is 2. The summed E-state index contributed by atoms with van der Waals surface area (Å²) in [7, 11) is 1.59. The number of fused-ring (bicyclic) bond motifs is 1. The number of hydrazine groups is 1. The smallest absolute Gasteiger partial charge is 0.416 e. The van der Waals surface area contributed by atoms with Gasteiger partial charge in [0, 0.05) is 36.8 Å². The molecule has 6 rings (SSSR count). The van der Waals surface area contributed by atoms with E-state index in [1.807, 2.05) is 47.5 Å². The number of pyridine rings is 1. The normalized spacial score (nSPS) is 14.1. The number of carbonyl (C=O) groups excluding carboxylic acids is 1. The fraction of sp³-hybridized carbons (Fsp3) is 0.156. The number of amides is 1. The highest BCUT2D eigenvalue weighted by atomic mass is 35.5. The highest BCUT2D eigenvalue weighted by Gasteiger charge is 2.40. The van der Waals surface area contributed by atoms with Crippen molar-refractivity contribution in [2.24, 2.45) is 0 Å². The Bertz CT molecular complexity index is 1760. The van der Waals surface area contributed by atoms with Gasteiger partial charge in [0.05, 0.1) is 29.0 Å². The van der Waals surface area contributed by atoms with Crippen molar-refractivity contribution in [2.75, 3.05) is 24.1 Å². The molecule has 2 aromatic heterocycles. The van der Waals surface area contributed by atoms with Crippen molar-refractivity contribution in [2.45, 2.75) is 19.2 Å². The van der Waals surface area contributed by atoms with Gasteiger partial charge in [-0.05, 0) is 61.0 Å². The zero-order valence-corrected chi connectivity index (χ0v) is 24.1. The van der Waals surface area contributed by atoms with Crippen LogP contribution in [0.2, 0.25) is 5.02 Å². The summed E-state index contributed by atoms with van der Waals surface area (Å²) >= 11 is 6.64. The first kappa shape index (κ1) is 28.0. The predicted molar refractivity (Wildman–Crippen MR) is 164 cm³/mol. The Morgan fingerprint density at radius 3 is 2.74 bits per heavy atom. The van der Waals surface area contributed by atoms with Gasteiger partial charge in [0.25, 0.3) is 0 Å². The number of ether oxygens (including phenoxy) is 3. The number of nitrogens with one attached hydrogen (secondary N) is 1. The number of hydrogen-bond acceptors (Lipinski definition) is 9. The van der Waals surface area contributed by atoms with E-state index in [1.165, 1.54) is 6.33 Å². The summed E-state index contributed by atoms with van der Waals surface area (Å²) in [5, 5.41) is 3.09. The predicted octanol–water partition coefficient (Wildman–Crippen LogP) is 6.51. The van der Waals surface area contributed by atoms with E-state index < -0.39 is 12.3 Å². The maximum absolute atomic E-state index is 13.3. The Morgan fingerprint density at radius 1 is 1.09 bits per heavy atom. The van der Waals surface area contributed by atoms with Crippen molar-refractivity contribution in [1.29, 1.82) is 0 Å². The molecule has 1 N–H and O–H groups in total. The Labute approximate surface area is 253 Å². The third kappa shape index (κ3) is 6.24. The van der Waals surface area contributed by atoms with Crippen LogP contribution in [-0.4, -0.2) is 45.8 Å². The highest BCUT2D eigenvalue weighted by molar-refractivity contribution is 6.32. The van der Waals surface area contributed by atoms with Crippen molar-refractivity contribution in [3.05, 3.63) is 115 Å². The molecule has 10 nitrogen and oxygen atoms in total. The summed E-state index contributed by atoms with van der Waals surface area (Å²) in [6.07, 6.45) is 4.71. The fourth-order valence-electron chi connectivity index (χ4n) is 4.73. The van der Waals surface area contributed by atoms with E-state index in [0.717, 1.165) is 22.2 Å². The average molecular weight is 596 g/mol. The minimum Gasteiger partial charge on any atom is -0.494 e. The third-order valence-corrected chi connectivity index (χ3v) is 7.27. The minimum atomic E-state index is -0.479. The SMILES string of the molecule is [CH2]c1cccc(OC(=O)N2CCC2N(Nc2ccc(OCc3ccccn3)c(Cl)c2)c2cc3cncnc3cc2OC)c1. The first-order valence-corrected chi connectivity index (χ1v) is 13.9. The molecule has 0 saturated carbocycles. The zero-order valence-electron chi connectivity index (χ0n) is 23.3. The van der Waals surface area contributed by atoms with Crippen molar-refractivity contribution in [3.8, 4) is 17.2 Å². The van der Waals surface area contributed by atoms with E-state index in [0.29, 0.717) is 46.6 Å². The third-order valence-electron chi connectivity index (χ3n) is 6.97. The topological polar surface area (TPSA) is 102 Å². The van der Waals surface area contributed by atoms with Crippen molar-refractivity contribution < 1.29 is 19.0 Å². The second-order valence-electron chi connectivity index (χ2n) is 9.82. The molecule has 1 unspecified atom stereocenters. The molecule has 1 aliphatic heterocycles. The van der Waals surface area contributed by atoms with Crippen molar-refractivity contribution >= 4 is 40.0 Å². The molecule has 1 radical (unpaired) electrons. The number of carbonyl (C=O) groups is 1. The van der Waals surface area contributed by atoms with Crippen LogP contribution in [0, 0.1) is 6.92 Å². The van der Waals surface area contributed by atoms with Crippen LogP contribution in [-0.2, 0) is 6.61 Å². The molecule has 217 valence electrons. The highest BCUT2D eigenvalue weighted by Crippen LogP contribution is 2.38. The van der Waals surface area contributed by atoms with Gasteiger partial charge < -0.3 is 14.2 Å². The Morgan fingerprint density at radius 2 is 2.00 bits per heavy atom. The summed E-state index contributed by atoms with van der Waals surface area (Å²) in [5.41, 5.74) is 7.06. The summed E-state index contributed by atoms with van der Waals surface area (Å²) in [5.74, 6) is 1.51. The van der Waals surface area contributed by atoms with E-state index >= 15 is 0 Å². The lowest BCUT2D eigenvalue weighted by atomic mass is 10.1. The Kier molecular flexibility index (Phi) is 8.10. The average Bonchev–Trinajstić information content (AvgIpc) is 2.99. The fourth-order valence-corrected chi connectivity index (χ4v) is 4.97. The number of nitrogens with zero attached hydrogens (tertiary/aromatic N) is 5. The molecule has 1 atom stereocenters. The van der Waals surface area contributed by atoms with Crippen LogP contribution in [0.5, 0.6) is 17.2 Å². The van der Waals surface area contributed by atoms with Gasteiger partial charge in [0.2, 0.25) is 0 Å². The summed E-state index contributed by atoms with van der Waals surface area (Å²) in [6.45, 7) is 4.70. The van der Waals surface area contributed by atoms with E-state index in [9.17, 15) is 4.79 Å². The van der Waals surface area contributed by atoms with Gasteiger partial charge in [0.15, 0.2) is 0 Å². The van der Waals surface area contributed by atoms with Gasteiger partial charge in [-0.3, -0.25) is 20.3 Å². The number of halogens is 1. The van der Waals surface area contributed by atoms with Crippen LogP contribution in [0.3, 0.4) is 0 Å². The van der Waals surface area contributed by atoms with Crippen molar-refractivity contribution in [1.82, 2.24) is 19.9 Å². The minimum absolute atomic E-state index is 0.284. The molecule has 1 amide bonds. The molecule has 0 spiro atoms. The van der Waals surface area contributed by atoms with E-state index in [-0.39, 0.29) is 6.61 Å². The lowest BCUT2D eigenvalue weighted by molar-refractivity contribution is 0.0812. The second kappa shape index (κ2) is 12.4. The monoisotopic (exact) mass is 595 g/mol. The van der Waals surface area contributed by atoms with Crippen LogP contribution in [0.15, 0.2) is 91.5 Å². The van der Waals surface area contributed by atoms with E-state index in [1.54, 1.807) is 54.7 Å². The van der Waals surface area contributed by atoms with Gasteiger partial charge >= 0.3 is 6.09 Å². The Balaban J connectivity index is 1.29. The summed E-state index contributed by atoms with van der Waals surface area (Å²) < 4.78 is 17.4. The van der Waals surface area contributed by atoms with Crippen LogP contribution in [0.1, 0.15) is 17.7 Å². The van der Waals surface area contributed by atoms with Gasteiger partial charge in [-0.1, -0.05) is 29.8 Å². The molecule has 3 heterocycles. The van der Waals surface area contributed by atoms with Crippen molar-refractivity contribution in [3.63, 3.8) is 0 Å². The number of benzene rings is 3. The first-order valence-electron chi connectivity index (χ1n) is 13.5. The van der Waals surface area contributed by atoms with Gasteiger partial charge in [-0.15, -0.1) is 0 Å². The van der Waals surface area contributed by atoms with E-state index in [2.05, 4.69) is 27.3 Å². The molecule has 1 fully saturated rings. The summed E-state index contributed by atoms with van der Waals surface area (Å²) in [4.78, 5) is 27.7. The summed E-state index contributed by atoms with van der Waals surface area (Å²) in [6, 6.07) is 21.9. The zero-order chi connectivity index (χ0) is 29.8. The molecule has 5 aromatic rings. The van der Waals surface area contributed by atoms with Gasteiger partial charge in [-0.2, -0.15) is 0 Å². The molecular weight excluding hydrogens is 568 g/mol. The second-order valence-corrected chi connectivity index (χ2v) is 10.2. The van der Waals surface area contributed by atoms with Crippen LogP contribution >= 0.6 is 11.6 Å². The molecule has 3 aromatic carbocycles. The van der Waals surface area contributed by atoms with Crippen LogP contribution < -0.4 is 24.6 Å². The Hall–Kier alpha value is -5.09. The molecule has 43 heavy (non-hydrogen) atoms. The van der Waals surface area contributed by atoms with Crippen LogP contribution in [0.4, 0.5) is 16.2 Å². The molecule has 0 aliphatic carbocycles. The standard InChI is InChI=1S/C32H28ClN6O4/c1-21-6-5-8-25(14-21)43-32(40)38-13-11-31(38)39(28-15-22-18-34-20-36-27(22)17-30(28)41-2)37-23-9-10-29(26(33)16-23)42-19-24-7-3-4-12-35-24/h3-10,12,14-18,20,31,37H,1,11,13,19H2,2H3. The number of hydrogen-bond donors (Lipinski definition) is 1. The number of aromatic nitrogens is 3.